The molecule has 0 aromatic rings. The number of hydrogen-bond acceptors (Lipinski definition) is 0. The van der Waals surface area contributed by atoms with Gasteiger partial charge in [0.1, 0.15) is 4.84 Å². The third kappa shape index (κ3) is 3.85. The lowest BCUT2D eigenvalue weighted by atomic mass is 10.6. The molecule has 0 aliphatic heterocycles. The Hall–Kier alpha value is 0.900. The number of hydrogen-bond donors (Lipinski definition) is 0. The summed E-state index contributed by atoms with van der Waals surface area (Å²) in [7, 11) is 0. The molecule has 0 spiro atoms. The van der Waals surface area contributed by atoms with E-state index in [1.165, 1.54) is 0 Å². The molecule has 0 aliphatic rings. The van der Waals surface area contributed by atoms with E-state index in [1.54, 1.807) is 6.08 Å². The van der Waals surface area contributed by atoms with Crippen LogP contribution in [0.5, 0.6) is 0 Å². The molecule has 0 heterocycles. The molecule has 8 heavy (non-hydrogen) atoms. The predicted octanol–water partition coefficient (Wildman–Crippen LogP) is 3.15. The molecule has 0 unspecified atom stereocenters. The lowest BCUT2D eigenvalue weighted by molar-refractivity contribution is 1.50. The van der Waals surface area contributed by atoms with E-state index < -0.39 is 4.84 Å². The Balaban J connectivity index is 3.61. The Morgan fingerprint density at radius 3 is 2.12 bits per heavy atom. The molecular formula is C4H4Cl4. The summed E-state index contributed by atoms with van der Waals surface area (Å²) in [5, 5.41) is 0.378. The van der Waals surface area contributed by atoms with Crippen LogP contribution in [0.2, 0.25) is 0 Å². The van der Waals surface area contributed by atoms with Gasteiger partial charge in [-0.2, -0.15) is 0 Å². The third-order valence-corrected chi connectivity index (χ3v) is 1.70. The Kier molecular flexibility index (Phi) is 5.28. The highest BCUT2D eigenvalue weighted by molar-refractivity contribution is 6.52. The normalized spacial score (nSPS) is 12.9. The van der Waals surface area contributed by atoms with Gasteiger partial charge >= 0.3 is 0 Å². The van der Waals surface area contributed by atoms with Gasteiger partial charge in [-0.15, -0.1) is 11.6 Å². The van der Waals surface area contributed by atoms with Crippen LogP contribution in [0.25, 0.3) is 0 Å². The molecule has 0 bridgehead atoms. The molecule has 0 amide bonds. The van der Waals surface area contributed by atoms with E-state index in [4.69, 9.17) is 46.4 Å². The molecular weight excluding hydrogens is 190 g/mol. The summed E-state index contributed by atoms with van der Waals surface area (Å²) in [4.78, 5) is -0.643. The number of rotatable bonds is 2. The molecule has 0 saturated heterocycles. The summed E-state index contributed by atoms with van der Waals surface area (Å²) < 4.78 is 0. The molecule has 0 aliphatic carbocycles. The Morgan fingerprint density at radius 1 is 1.50 bits per heavy atom. The monoisotopic (exact) mass is 192 g/mol. The number of alkyl halides is 3. The Bertz CT molecular complexity index is 86.0. The molecule has 0 fully saturated rings. The molecule has 0 atom stereocenters. The van der Waals surface area contributed by atoms with Gasteiger partial charge in [0.15, 0.2) is 0 Å². The third-order valence-electron chi connectivity index (χ3n) is 0.481. The second kappa shape index (κ2) is 4.75. The van der Waals surface area contributed by atoms with Crippen molar-refractivity contribution >= 4 is 46.4 Å². The van der Waals surface area contributed by atoms with Crippen LogP contribution in [0, 0.1) is 0 Å². The fourth-order valence-corrected chi connectivity index (χ4v) is 0.663. The average molecular weight is 194 g/mol. The molecule has 0 saturated carbocycles. The fraction of sp³-hybridized carbons (Fsp3) is 0.500. The smallest absolute Gasteiger partial charge is 0.122 e. The summed E-state index contributed by atoms with van der Waals surface area (Å²) in [6.45, 7) is 0. The Morgan fingerprint density at radius 2 is 2.00 bits per heavy atom. The fourth-order valence-electron chi connectivity index (χ4n) is 0.163. The largest absolute Gasteiger partial charge is 0.142 e. The van der Waals surface area contributed by atoms with Crippen molar-refractivity contribution in [3.05, 3.63) is 11.1 Å². The second-order valence-electron chi connectivity index (χ2n) is 1.04. The highest BCUT2D eigenvalue weighted by Gasteiger charge is 2.00. The molecule has 0 nitrogen and oxygen atoms in total. The zero-order valence-corrected chi connectivity index (χ0v) is 6.90. The second-order valence-corrected chi connectivity index (χ2v) is 2.89. The summed E-state index contributed by atoms with van der Waals surface area (Å²) in [5.41, 5.74) is 0. The van der Waals surface area contributed by atoms with Crippen molar-refractivity contribution in [3.63, 3.8) is 0 Å². The maximum atomic E-state index is 5.43. The molecule has 0 aromatic heterocycles. The van der Waals surface area contributed by atoms with Crippen molar-refractivity contribution in [3.8, 4) is 0 Å². The minimum absolute atomic E-state index is 0.342. The van der Waals surface area contributed by atoms with Gasteiger partial charge in [-0.3, -0.25) is 0 Å². The SMILES string of the molecule is ClCC=C(Cl)C(Cl)Cl. The van der Waals surface area contributed by atoms with Gasteiger partial charge in [0.05, 0.1) is 0 Å². The summed E-state index contributed by atoms with van der Waals surface area (Å²) >= 11 is 21.3. The Labute approximate surface area is 68.4 Å². The minimum Gasteiger partial charge on any atom is -0.122 e. The van der Waals surface area contributed by atoms with Crippen LogP contribution in [0.15, 0.2) is 11.1 Å². The average Bonchev–Trinajstić information content (AvgIpc) is 1.67. The molecule has 0 aromatic carbocycles. The zero-order chi connectivity index (χ0) is 6.57. The van der Waals surface area contributed by atoms with Gasteiger partial charge in [-0.25, -0.2) is 0 Å². The zero-order valence-electron chi connectivity index (χ0n) is 3.87. The molecule has 0 radical (unpaired) electrons. The standard InChI is InChI=1S/C4H4Cl4/c5-2-1-3(6)4(7)8/h1,4H,2H2. The van der Waals surface area contributed by atoms with Crippen molar-refractivity contribution in [1.82, 2.24) is 0 Å². The first-order valence-electron chi connectivity index (χ1n) is 1.88. The summed E-state index contributed by atoms with van der Waals surface area (Å²) in [6.07, 6.45) is 1.55. The van der Waals surface area contributed by atoms with Crippen molar-refractivity contribution in [2.75, 3.05) is 5.88 Å². The van der Waals surface area contributed by atoms with Gasteiger partial charge in [-0.1, -0.05) is 40.9 Å². The first-order chi connectivity index (χ1) is 3.68. The molecule has 0 N–H and O–H groups in total. The molecule has 4 heteroatoms. The number of allylic oxidation sites excluding steroid dienone is 2. The van der Waals surface area contributed by atoms with E-state index in [-0.39, 0.29) is 0 Å². The first-order valence-corrected chi connectivity index (χ1v) is 3.66. The lowest BCUT2D eigenvalue weighted by Gasteiger charge is -1.93. The van der Waals surface area contributed by atoms with E-state index in [0.29, 0.717) is 10.9 Å². The first kappa shape index (κ1) is 8.90. The molecule has 0 rings (SSSR count). The predicted molar refractivity (Wildman–Crippen MR) is 40.2 cm³/mol. The van der Waals surface area contributed by atoms with E-state index in [1.807, 2.05) is 0 Å². The van der Waals surface area contributed by atoms with Gasteiger partial charge in [0.2, 0.25) is 0 Å². The highest BCUT2D eigenvalue weighted by Crippen LogP contribution is 2.17. The van der Waals surface area contributed by atoms with Gasteiger partial charge < -0.3 is 0 Å². The number of halogens is 4. The van der Waals surface area contributed by atoms with Crippen LogP contribution in [-0.4, -0.2) is 10.7 Å². The van der Waals surface area contributed by atoms with Crippen LogP contribution < -0.4 is 0 Å². The summed E-state index contributed by atoms with van der Waals surface area (Å²) in [5.74, 6) is 0.342. The van der Waals surface area contributed by atoms with Gasteiger partial charge in [0, 0.05) is 10.9 Å². The van der Waals surface area contributed by atoms with Crippen molar-refractivity contribution in [2.24, 2.45) is 0 Å². The molecule has 48 valence electrons. The maximum Gasteiger partial charge on any atom is 0.142 e. The van der Waals surface area contributed by atoms with Gasteiger partial charge in [0.25, 0.3) is 0 Å². The van der Waals surface area contributed by atoms with Gasteiger partial charge in [-0.05, 0) is 0 Å². The van der Waals surface area contributed by atoms with E-state index >= 15 is 0 Å². The van der Waals surface area contributed by atoms with Crippen molar-refractivity contribution in [1.29, 1.82) is 0 Å². The quantitative estimate of drug-likeness (QED) is 0.592. The topological polar surface area (TPSA) is 0 Å². The van der Waals surface area contributed by atoms with E-state index in [9.17, 15) is 0 Å². The summed E-state index contributed by atoms with van der Waals surface area (Å²) in [6, 6.07) is 0. The van der Waals surface area contributed by atoms with E-state index in [0.717, 1.165) is 0 Å². The van der Waals surface area contributed by atoms with Crippen molar-refractivity contribution < 1.29 is 0 Å². The van der Waals surface area contributed by atoms with Crippen LogP contribution in [0.1, 0.15) is 0 Å². The maximum absolute atomic E-state index is 5.43. The van der Waals surface area contributed by atoms with Crippen LogP contribution in [0.4, 0.5) is 0 Å². The van der Waals surface area contributed by atoms with Crippen LogP contribution in [-0.2, 0) is 0 Å². The highest BCUT2D eigenvalue weighted by atomic mass is 35.5. The van der Waals surface area contributed by atoms with E-state index in [2.05, 4.69) is 0 Å². The lowest BCUT2D eigenvalue weighted by Crippen LogP contribution is -1.84. The van der Waals surface area contributed by atoms with Crippen LogP contribution in [0.3, 0.4) is 0 Å². The van der Waals surface area contributed by atoms with Crippen LogP contribution >= 0.6 is 46.4 Å². The van der Waals surface area contributed by atoms with Crippen molar-refractivity contribution in [2.45, 2.75) is 4.84 Å². The minimum atomic E-state index is -0.643.